The summed E-state index contributed by atoms with van der Waals surface area (Å²) in [5.41, 5.74) is 1.93. The highest BCUT2D eigenvalue weighted by Gasteiger charge is 2.31. The number of halogens is 1. The van der Waals surface area contributed by atoms with Gasteiger partial charge in [-0.3, -0.25) is 4.90 Å². The van der Waals surface area contributed by atoms with Gasteiger partial charge < -0.3 is 20.1 Å². The average molecular weight is 396 g/mol. The largest absolute Gasteiger partial charge is 0.496 e. The van der Waals surface area contributed by atoms with Crippen LogP contribution in [0.15, 0.2) is 29.5 Å². The molecule has 0 aromatic heterocycles. The molecule has 2 rings (SSSR count). The zero-order valence-electron chi connectivity index (χ0n) is 16.1. The molecule has 1 heterocycles. The zero-order chi connectivity index (χ0) is 20.0. The van der Waals surface area contributed by atoms with Crippen molar-refractivity contribution < 1.29 is 19.1 Å². The summed E-state index contributed by atoms with van der Waals surface area (Å²) in [5.74, 6) is 0.312. The van der Waals surface area contributed by atoms with Gasteiger partial charge in [-0.15, -0.1) is 0 Å². The Labute approximate surface area is 164 Å². The quantitative estimate of drug-likeness (QED) is 0.661. The van der Waals surface area contributed by atoms with Gasteiger partial charge in [-0.1, -0.05) is 18.5 Å². The minimum Gasteiger partial charge on any atom is -0.496 e. The van der Waals surface area contributed by atoms with E-state index in [-0.39, 0.29) is 18.7 Å². The fourth-order valence-corrected chi connectivity index (χ4v) is 3.27. The fraction of sp³-hybridized carbons (Fsp3) is 0.474. The van der Waals surface area contributed by atoms with E-state index in [1.54, 1.807) is 20.1 Å². The molecule has 0 unspecified atom stereocenters. The Hall–Kier alpha value is -2.25. The molecule has 0 fully saturated rings. The first-order chi connectivity index (χ1) is 12.9. The predicted molar refractivity (Wildman–Crippen MR) is 104 cm³/mol. The molecule has 1 aromatic carbocycles. The van der Waals surface area contributed by atoms with E-state index in [9.17, 15) is 9.59 Å². The second kappa shape index (κ2) is 9.62. The Bertz CT molecular complexity index is 736. The third-order valence-electron chi connectivity index (χ3n) is 4.26. The van der Waals surface area contributed by atoms with E-state index >= 15 is 0 Å². The summed E-state index contributed by atoms with van der Waals surface area (Å²) in [6.45, 7) is 4.84. The van der Waals surface area contributed by atoms with Crippen LogP contribution in [0.4, 0.5) is 4.79 Å². The van der Waals surface area contributed by atoms with Crippen LogP contribution in [-0.2, 0) is 16.1 Å². The lowest BCUT2D eigenvalue weighted by Gasteiger charge is -2.30. The summed E-state index contributed by atoms with van der Waals surface area (Å²) < 4.78 is 10.6. The summed E-state index contributed by atoms with van der Waals surface area (Å²) >= 11 is 6.10. The molecule has 0 bridgehead atoms. The van der Waals surface area contributed by atoms with E-state index in [2.05, 4.69) is 10.6 Å². The highest BCUT2D eigenvalue weighted by atomic mass is 35.5. The van der Waals surface area contributed by atoms with Crippen LogP contribution in [0.2, 0.25) is 5.02 Å². The Balaban J connectivity index is 2.26. The molecular weight excluding hydrogens is 370 g/mol. The number of urea groups is 1. The molecule has 0 radical (unpaired) electrons. The molecule has 148 valence electrons. The maximum absolute atomic E-state index is 12.4. The normalized spacial score (nSPS) is 16.8. The van der Waals surface area contributed by atoms with E-state index in [0.717, 1.165) is 11.3 Å². The van der Waals surface area contributed by atoms with Gasteiger partial charge in [0, 0.05) is 29.4 Å². The number of hydrogen-bond donors (Lipinski definition) is 2. The van der Waals surface area contributed by atoms with Crippen LogP contribution in [0, 0.1) is 0 Å². The van der Waals surface area contributed by atoms with Crippen LogP contribution in [0.3, 0.4) is 0 Å². The SMILES string of the molecule is CCOC(=O)C1=C(CN(C)Cc2cc(Cl)ccc2OC)NC(=O)N[C@@H]1CC. The zero-order valence-corrected chi connectivity index (χ0v) is 16.9. The lowest BCUT2D eigenvalue weighted by molar-refractivity contribution is -0.139. The Morgan fingerprint density at radius 3 is 2.67 bits per heavy atom. The van der Waals surface area contributed by atoms with Crippen molar-refractivity contribution in [1.29, 1.82) is 0 Å². The summed E-state index contributed by atoms with van der Waals surface area (Å²) in [5, 5.41) is 6.14. The Morgan fingerprint density at radius 1 is 1.30 bits per heavy atom. The van der Waals surface area contributed by atoms with Gasteiger partial charge in [-0.2, -0.15) is 0 Å². The van der Waals surface area contributed by atoms with Gasteiger partial charge >= 0.3 is 12.0 Å². The maximum atomic E-state index is 12.4. The number of carbonyl (C=O) groups excluding carboxylic acids is 2. The molecule has 2 N–H and O–H groups in total. The number of esters is 1. The topological polar surface area (TPSA) is 79.9 Å². The smallest absolute Gasteiger partial charge is 0.337 e. The van der Waals surface area contributed by atoms with Gasteiger partial charge in [0.1, 0.15) is 5.75 Å². The number of carbonyl (C=O) groups is 2. The van der Waals surface area contributed by atoms with Crippen molar-refractivity contribution >= 4 is 23.6 Å². The van der Waals surface area contributed by atoms with Crippen LogP contribution >= 0.6 is 11.6 Å². The van der Waals surface area contributed by atoms with Crippen LogP contribution in [0.25, 0.3) is 0 Å². The Morgan fingerprint density at radius 2 is 2.04 bits per heavy atom. The lowest BCUT2D eigenvalue weighted by Crippen LogP contribution is -2.51. The number of nitrogens with zero attached hydrogens (tertiary/aromatic N) is 1. The highest BCUT2D eigenvalue weighted by molar-refractivity contribution is 6.30. The van der Waals surface area contributed by atoms with Crippen molar-refractivity contribution in [2.45, 2.75) is 32.9 Å². The second-order valence-electron chi connectivity index (χ2n) is 6.30. The van der Waals surface area contributed by atoms with E-state index < -0.39 is 5.97 Å². The van der Waals surface area contributed by atoms with Crippen LogP contribution < -0.4 is 15.4 Å². The molecule has 8 heteroatoms. The monoisotopic (exact) mass is 395 g/mol. The van der Waals surface area contributed by atoms with Crippen LogP contribution in [0.5, 0.6) is 5.75 Å². The van der Waals surface area contributed by atoms with Crippen molar-refractivity contribution in [3.63, 3.8) is 0 Å². The van der Waals surface area contributed by atoms with E-state index in [1.807, 2.05) is 31.0 Å². The maximum Gasteiger partial charge on any atom is 0.337 e. The molecule has 7 nitrogen and oxygen atoms in total. The summed E-state index contributed by atoms with van der Waals surface area (Å²) in [7, 11) is 3.50. The second-order valence-corrected chi connectivity index (χ2v) is 6.74. The third kappa shape index (κ3) is 5.37. The van der Waals surface area contributed by atoms with Gasteiger partial charge in [0.15, 0.2) is 0 Å². The van der Waals surface area contributed by atoms with Crippen molar-refractivity contribution in [1.82, 2.24) is 15.5 Å². The van der Waals surface area contributed by atoms with Gasteiger partial charge in [-0.05, 0) is 38.6 Å². The number of likely N-dealkylation sites (N-methyl/N-ethyl adjacent to an activating group) is 1. The number of nitrogens with one attached hydrogen (secondary N) is 2. The molecule has 1 aromatic rings. The van der Waals surface area contributed by atoms with E-state index in [1.165, 1.54) is 0 Å². The molecule has 0 spiro atoms. The molecule has 0 saturated carbocycles. The first-order valence-electron chi connectivity index (χ1n) is 8.88. The first kappa shape index (κ1) is 21.1. The Kier molecular flexibility index (Phi) is 7.50. The molecular formula is C19H26ClN3O4. The number of ether oxygens (including phenoxy) is 2. The molecule has 2 amide bonds. The number of methoxy groups -OCH3 is 1. The standard InChI is InChI=1S/C19H26ClN3O4/c1-5-14-17(18(24)27-6-2)15(22-19(25)21-14)11-23(3)10-12-9-13(20)7-8-16(12)26-4/h7-9,14H,5-6,10-11H2,1-4H3,(H2,21,22,25)/t14-/m1/s1. The van der Waals surface area contributed by atoms with E-state index in [0.29, 0.717) is 35.8 Å². The van der Waals surface area contributed by atoms with E-state index in [4.69, 9.17) is 21.1 Å². The summed E-state index contributed by atoms with van der Waals surface area (Å²) in [6, 6.07) is 4.73. The summed E-state index contributed by atoms with van der Waals surface area (Å²) in [6.07, 6.45) is 0.594. The number of hydrogen-bond acceptors (Lipinski definition) is 5. The van der Waals surface area contributed by atoms with Gasteiger partial charge in [0.2, 0.25) is 0 Å². The van der Waals surface area contributed by atoms with Crippen LogP contribution in [-0.4, -0.2) is 50.3 Å². The molecule has 1 atom stereocenters. The molecule has 1 aliphatic heterocycles. The molecule has 0 aliphatic carbocycles. The van der Waals surface area contributed by atoms with Crippen molar-refractivity contribution in [2.75, 3.05) is 27.3 Å². The number of amides is 2. The van der Waals surface area contributed by atoms with Crippen LogP contribution in [0.1, 0.15) is 25.8 Å². The van der Waals surface area contributed by atoms with Gasteiger partial charge in [0.05, 0.1) is 25.3 Å². The predicted octanol–water partition coefficient (Wildman–Crippen LogP) is 2.69. The minimum absolute atomic E-state index is 0.273. The average Bonchev–Trinajstić information content (AvgIpc) is 2.61. The third-order valence-corrected chi connectivity index (χ3v) is 4.49. The highest BCUT2D eigenvalue weighted by Crippen LogP contribution is 2.24. The molecule has 0 saturated heterocycles. The first-order valence-corrected chi connectivity index (χ1v) is 9.25. The van der Waals surface area contributed by atoms with Crippen molar-refractivity contribution in [3.05, 3.63) is 40.1 Å². The number of benzene rings is 1. The lowest BCUT2D eigenvalue weighted by atomic mass is 10.00. The summed E-state index contributed by atoms with van der Waals surface area (Å²) in [4.78, 5) is 26.4. The fourth-order valence-electron chi connectivity index (χ4n) is 3.07. The minimum atomic E-state index is -0.416. The molecule has 1 aliphatic rings. The number of rotatable bonds is 8. The molecule has 27 heavy (non-hydrogen) atoms. The van der Waals surface area contributed by atoms with Crippen molar-refractivity contribution in [2.24, 2.45) is 0 Å². The van der Waals surface area contributed by atoms with Gasteiger partial charge in [-0.25, -0.2) is 9.59 Å². The van der Waals surface area contributed by atoms with Crippen molar-refractivity contribution in [3.8, 4) is 5.75 Å². The van der Waals surface area contributed by atoms with Gasteiger partial charge in [0.25, 0.3) is 0 Å².